The number of piperidine rings is 1. The molecule has 0 bridgehead atoms. The molecule has 1 heterocycles. The number of carbonyl (C=O) groups is 3. The second kappa shape index (κ2) is 9.63. The third-order valence-electron chi connectivity index (χ3n) is 6.08. The molecular weight excluding hydrogens is 378 g/mol. The molecule has 2 N–H and O–H groups in total. The molecule has 1 aliphatic carbocycles. The van der Waals surface area contributed by atoms with E-state index in [0.29, 0.717) is 30.4 Å². The van der Waals surface area contributed by atoms with E-state index in [-0.39, 0.29) is 23.6 Å². The van der Waals surface area contributed by atoms with E-state index in [0.717, 1.165) is 25.7 Å². The number of anilines is 1. The van der Waals surface area contributed by atoms with Gasteiger partial charge in [-0.2, -0.15) is 0 Å². The Bertz CT molecular complexity index is 778. The molecule has 6 heteroatoms. The lowest BCUT2D eigenvalue weighted by Crippen LogP contribution is -2.47. The highest BCUT2D eigenvalue weighted by Gasteiger charge is 2.30. The molecule has 3 rings (SSSR count). The minimum atomic E-state index is -0.508. The van der Waals surface area contributed by atoms with Gasteiger partial charge in [0.15, 0.2) is 0 Å². The first-order chi connectivity index (χ1) is 14.2. The number of hydrogen-bond acceptors (Lipinski definition) is 3. The second-order valence-electron chi connectivity index (χ2n) is 9.72. The number of carbonyl (C=O) groups excluding carboxylic acids is 3. The molecule has 0 unspecified atom stereocenters. The summed E-state index contributed by atoms with van der Waals surface area (Å²) in [6.45, 7) is 6.66. The van der Waals surface area contributed by atoms with Crippen molar-refractivity contribution >= 4 is 23.4 Å². The molecule has 2 fully saturated rings. The van der Waals surface area contributed by atoms with Crippen molar-refractivity contribution in [1.29, 1.82) is 0 Å². The van der Waals surface area contributed by atoms with E-state index in [2.05, 4.69) is 10.6 Å². The maximum atomic E-state index is 13.1. The van der Waals surface area contributed by atoms with Gasteiger partial charge < -0.3 is 15.5 Å². The summed E-state index contributed by atoms with van der Waals surface area (Å²) in [7, 11) is 0. The van der Waals surface area contributed by atoms with E-state index < -0.39 is 5.41 Å². The fraction of sp³-hybridized carbons (Fsp3) is 0.625. The maximum absolute atomic E-state index is 13.1. The normalized spacial score (nSPS) is 20.5. The minimum Gasteiger partial charge on any atom is -0.353 e. The lowest BCUT2D eigenvalue weighted by atomic mass is 9.92. The number of hydrogen-bond donors (Lipinski definition) is 2. The third kappa shape index (κ3) is 5.83. The Balaban J connectivity index is 1.61. The number of amides is 3. The first kappa shape index (κ1) is 22.3. The molecule has 1 saturated heterocycles. The maximum Gasteiger partial charge on any atom is 0.253 e. The highest BCUT2D eigenvalue weighted by Crippen LogP contribution is 2.23. The highest BCUT2D eigenvalue weighted by molar-refractivity contribution is 5.98. The predicted molar refractivity (Wildman–Crippen MR) is 118 cm³/mol. The van der Waals surface area contributed by atoms with Crippen molar-refractivity contribution in [1.82, 2.24) is 10.2 Å². The summed E-state index contributed by atoms with van der Waals surface area (Å²) in [6, 6.07) is 7.35. The van der Waals surface area contributed by atoms with E-state index in [1.54, 1.807) is 29.2 Å². The first-order valence-electron chi connectivity index (χ1n) is 11.3. The van der Waals surface area contributed by atoms with Gasteiger partial charge in [0.25, 0.3) is 5.91 Å². The Morgan fingerprint density at radius 1 is 1.00 bits per heavy atom. The Morgan fingerprint density at radius 3 is 2.43 bits per heavy atom. The van der Waals surface area contributed by atoms with Crippen LogP contribution in [-0.2, 0) is 9.59 Å². The Kier molecular flexibility index (Phi) is 7.16. The quantitative estimate of drug-likeness (QED) is 0.784. The average Bonchev–Trinajstić information content (AvgIpc) is 2.73. The molecule has 0 aromatic heterocycles. The molecule has 0 spiro atoms. The molecule has 164 valence electrons. The van der Waals surface area contributed by atoms with Gasteiger partial charge in [-0.1, -0.05) is 46.1 Å². The van der Waals surface area contributed by atoms with Gasteiger partial charge in [-0.25, -0.2) is 0 Å². The van der Waals surface area contributed by atoms with Crippen LogP contribution in [0.25, 0.3) is 0 Å². The number of rotatable bonds is 4. The summed E-state index contributed by atoms with van der Waals surface area (Å²) in [5.41, 5.74) is 0.644. The van der Waals surface area contributed by atoms with Crippen LogP contribution in [0.5, 0.6) is 0 Å². The number of nitrogens with one attached hydrogen (secondary N) is 2. The average molecular weight is 414 g/mol. The van der Waals surface area contributed by atoms with Crippen molar-refractivity contribution in [3.63, 3.8) is 0 Å². The van der Waals surface area contributed by atoms with Crippen molar-refractivity contribution in [2.45, 2.75) is 71.8 Å². The van der Waals surface area contributed by atoms with Gasteiger partial charge in [0.1, 0.15) is 0 Å². The van der Waals surface area contributed by atoms with Gasteiger partial charge in [-0.3, -0.25) is 14.4 Å². The summed E-state index contributed by atoms with van der Waals surface area (Å²) in [5, 5.41) is 6.09. The number of nitrogens with zero attached hydrogens (tertiary/aromatic N) is 1. The molecule has 6 nitrogen and oxygen atoms in total. The zero-order chi connectivity index (χ0) is 21.7. The first-order valence-corrected chi connectivity index (χ1v) is 11.3. The SMILES string of the molecule is CC(C)(C)C(=O)Nc1cccc(C(=O)N2CCC[C@@H](C(=O)NC3CCCCC3)C2)c1. The molecule has 0 radical (unpaired) electrons. The molecule has 1 aromatic carbocycles. The van der Waals surface area contributed by atoms with Crippen LogP contribution < -0.4 is 10.6 Å². The van der Waals surface area contributed by atoms with Crippen LogP contribution in [0.1, 0.15) is 76.1 Å². The summed E-state index contributed by atoms with van der Waals surface area (Å²) in [5.74, 6) is -0.236. The molecule has 30 heavy (non-hydrogen) atoms. The molecule has 1 aromatic rings. The topological polar surface area (TPSA) is 78.5 Å². The molecule has 2 aliphatic rings. The Labute approximate surface area is 179 Å². The standard InChI is InChI=1S/C24H35N3O3/c1-24(2,3)23(30)26-20-13-7-9-17(15-20)22(29)27-14-8-10-18(16-27)21(28)25-19-11-5-4-6-12-19/h7,9,13,15,18-19H,4-6,8,10-12,14,16H2,1-3H3,(H,25,28)(H,26,30)/t18-/m1/s1. The van der Waals surface area contributed by atoms with Crippen LogP contribution in [0.2, 0.25) is 0 Å². The lowest BCUT2D eigenvalue weighted by molar-refractivity contribution is -0.127. The van der Waals surface area contributed by atoms with Gasteiger partial charge in [-0.15, -0.1) is 0 Å². The molecule has 1 saturated carbocycles. The predicted octanol–water partition coefficient (Wildman–Crippen LogP) is 3.97. The van der Waals surface area contributed by atoms with E-state index in [1.165, 1.54) is 19.3 Å². The fourth-order valence-electron chi connectivity index (χ4n) is 4.17. The van der Waals surface area contributed by atoms with E-state index in [9.17, 15) is 14.4 Å². The monoisotopic (exact) mass is 413 g/mol. The summed E-state index contributed by atoms with van der Waals surface area (Å²) < 4.78 is 0. The Morgan fingerprint density at radius 2 is 1.73 bits per heavy atom. The highest BCUT2D eigenvalue weighted by atomic mass is 16.2. The van der Waals surface area contributed by atoms with Crippen LogP contribution in [0.3, 0.4) is 0 Å². The van der Waals surface area contributed by atoms with Gasteiger partial charge in [-0.05, 0) is 43.9 Å². The Hall–Kier alpha value is -2.37. The van der Waals surface area contributed by atoms with Crippen molar-refractivity contribution in [2.75, 3.05) is 18.4 Å². The van der Waals surface area contributed by atoms with Gasteiger partial charge in [0, 0.05) is 35.8 Å². The van der Waals surface area contributed by atoms with Crippen LogP contribution in [0, 0.1) is 11.3 Å². The van der Waals surface area contributed by atoms with Crippen LogP contribution in [-0.4, -0.2) is 41.8 Å². The van der Waals surface area contributed by atoms with Gasteiger partial charge >= 0.3 is 0 Å². The summed E-state index contributed by atoms with van der Waals surface area (Å²) in [6.07, 6.45) is 7.40. The van der Waals surface area contributed by atoms with Crippen LogP contribution in [0.4, 0.5) is 5.69 Å². The smallest absolute Gasteiger partial charge is 0.253 e. The number of benzene rings is 1. The van der Waals surface area contributed by atoms with Crippen LogP contribution in [0.15, 0.2) is 24.3 Å². The molecule has 1 atom stereocenters. The zero-order valence-corrected chi connectivity index (χ0v) is 18.5. The molecular formula is C24H35N3O3. The van der Waals surface area contributed by atoms with Gasteiger partial charge in [0.2, 0.25) is 11.8 Å². The number of likely N-dealkylation sites (tertiary alicyclic amines) is 1. The van der Waals surface area contributed by atoms with Crippen molar-refractivity contribution in [3.05, 3.63) is 29.8 Å². The van der Waals surface area contributed by atoms with E-state index in [4.69, 9.17) is 0 Å². The minimum absolute atomic E-state index is 0.0861. The molecule has 3 amide bonds. The van der Waals surface area contributed by atoms with Crippen molar-refractivity contribution in [2.24, 2.45) is 11.3 Å². The van der Waals surface area contributed by atoms with Gasteiger partial charge in [0.05, 0.1) is 5.92 Å². The summed E-state index contributed by atoms with van der Waals surface area (Å²) >= 11 is 0. The molecule has 1 aliphatic heterocycles. The third-order valence-corrected chi connectivity index (χ3v) is 6.08. The second-order valence-corrected chi connectivity index (χ2v) is 9.72. The summed E-state index contributed by atoms with van der Waals surface area (Å²) in [4.78, 5) is 39.8. The lowest BCUT2D eigenvalue weighted by Gasteiger charge is -2.33. The fourth-order valence-corrected chi connectivity index (χ4v) is 4.17. The van der Waals surface area contributed by atoms with E-state index in [1.807, 2.05) is 20.8 Å². The van der Waals surface area contributed by atoms with Crippen LogP contribution >= 0.6 is 0 Å². The van der Waals surface area contributed by atoms with Crippen molar-refractivity contribution in [3.8, 4) is 0 Å². The zero-order valence-electron chi connectivity index (χ0n) is 18.5. The largest absolute Gasteiger partial charge is 0.353 e. The van der Waals surface area contributed by atoms with Crippen molar-refractivity contribution < 1.29 is 14.4 Å². The van der Waals surface area contributed by atoms with E-state index >= 15 is 0 Å².